The van der Waals surface area contributed by atoms with Gasteiger partial charge in [-0.1, -0.05) is 60.1 Å². The van der Waals surface area contributed by atoms with Crippen molar-refractivity contribution in [2.45, 2.75) is 19.2 Å². The van der Waals surface area contributed by atoms with Crippen LogP contribution in [0.15, 0.2) is 54.6 Å². The molecule has 0 nitrogen and oxygen atoms in total. The van der Waals surface area contributed by atoms with Gasteiger partial charge < -0.3 is 0 Å². The van der Waals surface area contributed by atoms with E-state index in [2.05, 4.69) is 37.3 Å². The van der Waals surface area contributed by atoms with Gasteiger partial charge in [0.2, 0.25) is 0 Å². The maximum atomic E-state index is 6.74. The molecule has 0 spiro atoms. The zero-order valence-corrected chi connectivity index (χ0v) is 13.5. The van der Waals surface area contributed by atoms with Crippen molar-refractivity contribution in [1.82, 2.24) is 0 Å². The van der Waals surface area contributed by atoms with Crippen LogP contribution in [-0.2, 0) is 0 Å². The first-order valence-corrected chi connectivity index (χ1v) is 7.78. The average Bonchev–Trinajstić information content (AvgIpc) is 2.47. The molecule has 0 saturated carbocycles. The second-order valence-corrected chi connectivity index (χ2v) is 6.25. The predicted molar refractivity (Wildman–Crippen MR) is 92.6 cm³/mol. The van der Waals surface area contributed by atoms with E-state index < -0.39 is 0 Å². The Hall–Kier alpha value is -1.50. The van der Waals surface area contributed by atoms with Crippen LogP contribution in [0.3, 0.4) is 0 Å². The second-order valence-electron chi connectivity index (χ2n) is 5.40. The van der Waals surface area contributed by atoms with Crippen molar-refractivity contribution in [1.29, 1.82) is 0 Å². The van der Waals surface area contributed by atoms with Crippen LogP contribution in [0.4, 0.5) is 0 Å². The van der Waals surface area contributed by atoms with E-state index in [0.29, 0.717) is 0 Å². The molecule has 0 aliphatic heterocycles. The van der Waals surface area contributed by atoms with Gasteiger partial charge in [0, 0.05) is 5.02 Å². The molecular formula is C19H16Cl2. The first-order valence-electron chi connectivity index (χ1n) is 6.96. The summed E-state index contributed by atoms with van der Waals surface area (Å²) in [6.45, 7) is 4.15. The van der Waals surface area contributed by atoms with Crippen molar-refractivity contribution in [3.63, 3.8) is 0 Å². The summed E-state index contributed by atoms with van der Waals surface area (Å²) in [4.78, 5) is 0. The van der Waals surface area contributed by atoms with Gasteiger partial charge in [0.05, 0.1) is 5.38 Å². The Bertz CT molecular complexity index is 806. The number of hydrogen-bond acceptors (Lipinski definition) is 0. The SMILES string of the molecule is Cc1ccc(C(Cl)c2ccc(C)c3ccccc23)c(Cl)c1. The molecule has 1 atom stereocenters. The third-order valence-electron chi connectivity index (χ3n) is 3.88. The number of rotatable bonds is 2. The van der Waals surface area contributed by atoms with Crippen molar-refractivity contribution in [3.05, 3.63) is 81.9 Å². The number of halogens is 2. The number of benzene rings is 3. The lowest BCUT2D eigenvalue weighted by atomic mass is 9.95. The number of aryl methyl sites for hydroxylation is 2. The van der Waals surface area contributed by atoms with E-state index in [4.69, 9.17) is 23.2 Å². The second kappa shape index (κ2) is 5.71. The van der Waals surface area contributed by atoms with Crippen molar-refractivity contribution in [2.24, 2.45) is 0 Å². The largest absolute Gasteiger partial charge is 0.113 e. The van der Waals surface area contributed by atoms with Crippen LogP contribution in [0.25, 0.3) is 10.8 Å². The smallest absolute Gasteiger partial charge is 0.0855 e. The number of fused-ring (bicyclic) bond motifs is 1. The van der Waals surface area contributed by atoms with Crippen molar-refractivity contribution >= 4 is 34.0 Å². The molecule has 0 aliphatic rings. The fourth-order valence-corrected chi connectivity index (χ4v) is 3.48. The van der Waals surface area contributed by atoms with Gasteiger partial charge in [-0.3, -0.25) is 0 Å². The lowest BCUT2D eigenvalue weighted by molar-refractivity contribution is 1.15. The van der Waals surface area contributed by atoms with E-state index in [1.54, 1.807) is 0 Å². The van der Waals surface area contributed by atoms with Gasteiger partial charge in [0.15, 0.2) is 0 Å². The molecule has 1 unspecified atom stereocenters. The van der Waals surface area contributed by atoms with Crippen LogP contribution in [0.2, 0.25) is 5.02 Å². The molecule has 3 aromatic carbocycles. The Labute approximate surface area is 135 Å². The molecule has 0 radical (unpaired) electrons. The molecule has 0 saturated heterocycles. The molecule has 0 aromatic heterocycles. The normalized spacial score (nSPS) is 12.6. The lowest BCUT2D eigenvalue weighted by Gasteiger charge is -2.16. The van der Waals surface area contributed by atoms with Gasteiger partial charge in [-0.2, -0.15) is 0 Å². The van der Waals surface area contributed by atoms with Gasteiger partial charge in [-0.25, -0.2) is 0 Å². The standard InChI is InChI=1S/C19H16Cl2/c1-12-7-9-17(18(20)11-12)19(21)16-10-8-13(2)14-5-3-4-6-15(14)16/h3-11,19H,1-2H3. The highest BCUT2D eigenvalue weighted by molar-refractivity contribution is 6.33. The van der Waals surface area contributed by atoms with E-state index in [1.165, 1.54) is 16.3 Å². The number of alkyl halides is 1. The zero-order chi connectivity index (χ0) is 15.0. The van der Waals surface area contributed by atoms with Gasteiger partial charge in [0.1, 0.15) is 0 Å². The minimum Gasteiger partial charge on any atom is -0.113 e. The maximum Gasteiger partial charge on any atom is 0.0855 e. The quantitative estimate of drug-likeness (QED) is 0.477. The summed E-state index contributed by atoms with van der Waals surface area (Å²) < 4.78 is 0. The highest BCUT2D eigenvalue weighted by Gasteiger charge is 2.17. The Morgan fingerprint density at radius 3 is 2.19 bits per heavy atom. The maximum absolute atomic E-state index is 6.74. The summed E-state index contributed by atoms with van der Waals surface area (Å²) in [5.74, 6) is 0. The summed E-state index contributed by atoms with van der Waals surface area (Å²) >= 11 is 13.1. The number of hydrogen-bond donors (Lipinski definition) is 0. The highest BCUT2D eigenvalue weighted by Crippen LogP contribution is 2.38. The van der Waals surface area contributed by atoms with Crippen molar-refractivity contribution < 1.29 is 0 Å². The van der Waals surface area contributed by atoms with E-state index >= 15 is 0 Å². The molecule has 21 heavy (non-hydrogen) atoms. The van der Waals surface area contributed by atoms with Gasteiger partial charge in [0.25, 0.3) is 0 Å². The fourth-order valence-electron chi connectivity index (χ4n) is 2.70. The van der Waals surface area contributed by atoms with Crippen LogP contribution in [0, 0.1) is 13.8 Å². The molecule has 0 bridgehead atoms. The Balaban J connectivity index is 2.18. The Morgan fingerprint density at radius 2 is 1.48 bits per heavy atom. The van der Waals surface area contributed by atoms with E-state index in [9.17, 15) is 0 Å². The third kappa shape index (κ3) is 2.66. The van der Waals surface area contributed by atoms with Crippen molar-refractivity contribution in [3.8, 4) is 0 Å². The van der Waals surface area contributed by atoms with Crippen LogP contribution < -0.4 is 0 Å². The zero-order valence-electron chi connectivity index (χ0n) is 12.0. The van der Waals surface area contributed by atoms with Crippen molar-refractivity contribution in [2.75, 3.05) is 0 Å². The molecule has 0 N–H and O–H groups in total. The molecule has 0 aliphatic carbocycles. The minimum atomic E-state index is -0.247. The average molecular weight is 315 g/mol. The molecule has 2 heteroatoms. The summed E-state index contributed by atoms with van der Waals surface area (Å²) in [5, 5.41) is 2.90. The predicted octanol–water partition coefficient (Wildman–Crippen LogP) is 6.44. The summed E-state index contributed by atoms with van der Waals surface area (Å²) in [7, 11) is 0. The first-order chi connectivity index (χ1) is 10.1. The molecule has 106 valence electrons. The molecule has 0 amide bonds. The molecule has 3 rings (SSSR count). The summed E-state index contributed by atoms with van der Waals surface area (Å²) in [6.07, 6.45) is 0. The van der Waals surface area contributed by atoms with Gasteiger partial charge >= 0.3 is 0 Å². The van der Waals surface area contributed by atoms with E-state index in [-0.39, 0.29) is 5.38 Å². The van der Waals surface area contributed by atoms with Crippen LogP contribution in [-0.4, -0.2) is 0 Å². The highest BCUT2D eigenvalue weighted by atomic mass is 35.5. The van der Waals surface area contributed by atoms with Crippen LogP contribution in [0.5, 0.6) is 0 Å². The van der Waals surface area contributed by atoms with Crippen LogP contribution >= 0.6 is 23.2 Å². The van der Waals surface area contributed by atoms with E-state index in [1.807, 2.05) is 31.2 Å². The third-order valence-corrected chi connectivity index (χ3v) is 4.68. The monoisotopic (exact) mass is 314 g/mol. The Kier molecular flexibility index (Phi) is 3.93. The summed E-state index contributed by atoms with van der Waals surface area (Å²) in [6, 6.07) is 18.6. The topological polar surface area (TPSA) is 0 Å². The lowest BCUT2D eigenvalue weighted by Crippen LogP contribution is -1.97. The first kappa shape index (κ1) is 14.4. The van der Waals surface area contributed by atoms with E-state index in [0.717, 1.165) is 21.7 Å². The molecule has 0 fully saturated rings. The molecular weight excluding hydrogens is 299 g/mol. The van der Waals surface area contributed by atoms with Gasteiger partial charge in [-0.05, 0) is 52.9 Å². The minimum absolute atomic E-state index is 0.247. The molecule has 0 heterocycles. The van der Waals surface area contributed by atoms with Crippen LogP contribution in [0.1, 0.15) is 27.6 Å². The molecule has 3 aromatic rings. The fraction of sp³-hybridized carbons (Fsp3) is 0.158. The Morgan fingerprint density at radius 1 is 0.810 bits per heavy atom. The summed E-state index contributed by atoms with van der Waals surface area (Å²) in [5.41, 5.74) is 4.45. The van der Waals surface area contributed by atoms with Gasteiger partial charge in [-0.15, -0.1) is 11.6 Å².